The number of methoxy groups -OCH3 is 4. The molecular weight excluding hydrogens is 428 g/mol. The fourth-order valence-corrected chi connectivity index (χ4v) is 3.60. The van der Waals surface area contributed by atoms with E-state index in [9.17, 15) is 9.59 Å². The second kappa shape index (κ2) is 9.11. The average Bonchev–Trinajstić information content (AvgIpc) is 3.20. The Balaban J connectivity index is 1.55. The van der Waals surface area contributed by atoms with Crippen LogP contribution in [-0.2, 0) is 11.3 Å². The van der Waals surface area contributed by atoms with Crippen molar-refractivity contribution in [1.29, 1.82) is 0 Å². The van der Waals surface area contributed by atoms with Gasteiger partial charge < -0.3 is 29.2 Å². The van der Waals surface area contributed by atoms with Crippen molar-refractivity contribution < 1.29 is 23.7 Å². The van der Waals surface area contributed by atoms with Gasteiger partial charge in [0.2, 0.25) is 5.91 Å². The lowest BCUT2D eigenvalue weighted by Gasteiger charge is -2.10. The third-order valence-electron chi connectivity index (χ3n) is 5.29. The molecule has 0 aliphatic rings. The number of nitrogens with zero attached hydrogens (tertiary/aromatic N) is 2. The molecule has 10 nitrogen and oxygen atoms in total. The number of aromatic amines is 1. The summed E-state index contributed by atoms with van der Waals surface area (Å²) in [6.07, 6.45) is 1.52. The predicted molar refractivity (Wildman–Crippen MR) is 124 cm³/mol. The van der Waals surface area contributed by atoms with Crippen LogP contribution in [0.25, 0.3) is 21.9 Å². The zero-order valence-corrected chi connectivity index (χ0v) is 18.7. The largest absolute Gasteiger partial charge is 0.497 e. The molecule has 0 atom stereocenters. The van der Waals surface area contributed by atoms with Gasteiger partial charge in [0.25, 0.3) is 5.56 Å². The fourth-order valence-electron chi connectivity index (χ4n) is 3.60. The van der Waals surface area contributed by atoms with E-state index >= 15 is 0 Å². The van der Waals surface area contributed by atoms with Crippen molar-refractivity contribution in [3.05, 3.63) is 47.0 Å². The highest BCUT2D eigenvalue weighted by molar-refractivity contribution is 6.05. The molecule has 0 spiro atoms. The van der Waals surface area contributed by atoms with E-state index in [2.05, 4.69) is 15.3 Å². The molecule has 0 fully saturated rings. The number of anilines is 1. The van der Waals surface area contributed by atoms with Crippen LogP contribution >= 0.6 is 0 Å². The van der Waals surface area contributed by atoms with Gasteiger partial charge in [-0.05, 0) is 6.07 Å². The first-order valence-electron chi connectivity index (χ1n) is 10.1. The van der Waals surface area contributed by atoms with Crippen LogP contribution in [0.1, 0.15) is 6.42 Å². The van der Waals surface area contributed by atoms with Crippen molar-refractivity contribution in [2.75, 3.05) is 33.8 Å². The van der Waals surface area contributed by atoms with Crippen LogP contribution < -0.4 is 29.8 Å². The average molecular weight is 452 g/mol. The number of carbonyl (C=O) groups is 1. The van der Waals surface area contributed by atoms with Gasteiger partial charge in [0.15, 0.2) is 11.5 Å². The van der Waals surface area contributed by atoms with Crippen LogP contribution in [0.5, 0.6) is 23.0 Å². The summed E-state index contributed by atoms with van der Waals surface area (Å²) in [6.45, 7) is 0.163. The molecule has 4 rings (SSSR count). The van der Waals surface area contributed by atoms with Crippen molar-refractivity contribution in [2.45, 2.75) is 13.0 Å². The number of nitrogens with one attached hydrogen (secondary N) is 2. The molecule has 0 saturated carbocycles. The molecule has 0 unspecified atom stereocenters. The second-order valence-corrected chi connectivity index (χ2v) is 7.24. The molecule has 0 saturated heterocycles. The highest BCUT2D eigenvalue weighted by Crippen LogP contribution is 2.34. The maximum atomic E-state index is 13.0. The Morgan fingerprint density at radius 3 is 2.27 bits per heavy atom. The SMILES string of the molecule is COc1cc(NC(=O)CCn2cnc3c([nH]c4cc(OC)c(OC)cc43)c2=O)cc(OC)c1. The van der Waals surface area contributed by atoms with E-state index in [0.717, 1.165) is 5.39 Å². The van der Waals surface area contributed by atoms with Crippen molar-refractivity contribution in [3.8, 4) is 23.0 Å². The number of H-pyrrole nitrogens is 1. The number of benzene rings is 2. The van der Waals surface area contributed by atoms with Gasteiger partial charge in [-0.3, -0.25) is 14.2 Å². The summed E-state index contributed by atoms with van der Waals surface area (Å²) >= 11 is 0. The Bertz CT molecular complexity index is 1370. The number of hydrogen-bond acceptors (Lipinski definition) is 7. The molecule has 0 aliphatic carbocycles. The lowest BCUT2D eigenvalue weighted by molar-refractivity contribution is -0.116. The first kappa shape index (κ1) is 22.0. The van der Waals surface area contributed by atoms with E-state index in [4.69, 9.17) is 18.9 Å². The summed E-state index contributed by atoms with van der Waals surface area (Å²) < 4.78 is 22.5. The molecule has 2 heterocycles. The van der Waals surface area contributed by atoms with E-state index in [1.807, 2.05) is 0 Å². The molecule has 33 heavy (non-hydrogen) atoms. The summed E-state index contributed by atoms with van der Waals surface area (Å²) in [5.41, 5.74) is 1.84. The van der Waals surface area contributed by atoms with Crippen molar-refractivity contribution in [1.82, 2.24) is 14.5 Å². The van der Waals surface area contributed by atoms with Gasteiger partial charge in [-0.15, -0.1) is 0 Å². The first-order valence-corrected chi connectivity index (χ1v) is 10.1. The standard InChI is InChI=1S/C23H24N4O6/c1-30-14-7-13(8-15(9-14)31-2)25-20(28)5-6-27-12-24-21-16-10-18(32-3)19(33-4)11-17(16)26-22(21)23(27)29/h7-12,26H,5-6H2,1-4H3,(H,25,28). The van der Waals surface area contributed by atoms with Crippen LogP contribution in [0.2, 0.25) is 0 Å². The van der Waals surface area contributed by atoms with Gasteiger partial charge in [-0.25, -0.2) is 4.98 Å². The Hall–Kier alpha value is -4.21. The molecule has 1 amide bonds. The number of aromatic nitrogens is 3. The number of ether oxygens (including phenoxy) is 4. The Morgan fingerprint density at radius 1 is 0.970 bits per heavy atom. The molecule has 2 aromatic heterocycles. The summed E-state index contributed by atoms with van der Waals surface area (Å²) in [5, 5.41) is 3.54. The molecule has 0 aliphatic heterocycles. The van der Waals surface area contributed by atoms with Crippen molar-refractivity contribution in [3.63, 3.8) is 0 Å². The number of aryl methyl sites for hydroxylation is 1. The monoisotopic (exact) mass is 452 g/mol. The molecular formula is C23H24N4O6. The maximum Gasteiger partial charge on any atom is 0.277 e. The third-order valence-corrected chi connectivity index (χ3v) is 5.29. The topological polar surface area (TPSA) is 117 Å². The van der Waals surface area contributed by atoms with Crippen LogP contribution in [-0.4, -0.2) is 48.9 Å². The fraction of sp³-hybridized carbons (Fsp3) is 0.261. The number of rotatable bonds is 8. The number of hydrogen-bond donors (Lipinski definition) is 2. The van der Waals surface area contributed by atoms with Gasteiger partial charge in [0, 0.05) is 48.3 Å². The van der Waals surface area contributed by atoms with Gasteiger partial charge >= 0.3 is 0 Å². The Kier molecular flexibility index (Phi) is 6.07. The zero-order chi connectivity index (χ0) is 23.5. The lowest BCUT2D eigenvalue weighted by atomic mass is 10.2. The smallest absolute Gasteiger partial charge is 0.277 e. The number of carbonyl (C=O) groups excluding carboxylic acids is 1. The predicted octanol–water partition coefficient (Wildman–Crippen LogP) is 2.94. The van der Waals surface area contributed by atoms with Crippen LogP contribution in [0.4, 0.5) is 5.69 Å². The highest BCUT2D eigenvalue weighted by atomic mass is 16.5. The summed E-state index contributed by atoms with van der Waals surface area (Å²) in [7, 11) is 6.16. The molecule has 2 N–H and O–H groups in total. The van der Waals surface area contributed by atoms with E-state index in [0.29, 0.717) is 45.2 Å². The van der Waals surface area contributed by atoms with E-state index < -0.39 is 0 Å². The van der Waals surface area contributed by atoms with Gasteiger partial charge in [0.05, 0.1) is 40.3 Å². The minimum atomic E-state index is -0.273. The molecule has 10 heteroatoms. The quantitative estimate of drug-likeness (QED) is 0.422. The molecule has 0 bridgehead atoms. The molecule has 4 aromatic rings. The third kappa shape index (κ3) is 4.27. The van der Waals surface area contributed by atoms with Crippen LogP contribution in [0, 0.1) is 0 Å². The minimum Gasteiger partial charge on any atom is -0.497 e. The maximum absolute atomic E-state index is 13.0. The number of fused-ring (bicyclic) bond motifs is 3. The summed E-state index contributed by atoms with van der Waals surface area (Å²) in [4.78, 5) is 33.0. The van der Waals surface area contributed by atoms with Gasteiger partial charge in [-0.1, -0.05) is 0 Å². The molecule has 0 radical (unpaired) electrons. The normalized spacial score (nSPS) is 10.9. The van der Waals surface area contributed by atoms with Crippen molar-refractivity contribution >= 4 is 33.5 Å². The Labute approximate surface area is 189 Å². The van der Waals surface area contributed by atoms with E-state index in [1.165, 1.54) is 25.1 Å². The van der Waals surface area contributed by atoms with E-state index in [-0.39, 0.29) is 24.4 Å². The number of amides is 1. The van der Waals surface area contributed by atoms with E-state index in [1.54, 1.807) is 44.6 Å². The second-order valence-electron chi connectivity index (χ2n) is 7.24. The lowest BCUT2D eigenvalue weighted by Crippen LogP contribution is -2.23. The molecule has 172 valence electrons. The zero-order valence-electron chi connectivity index (χ0n) is 18.7. The first-order chi connectivity index (χ1) is 16.0. The van der Waals surface area contributed by atoms with Crippen molar-refractivity contribution in [2.24, 2.45) is 0 Å². The summed E-state index contributed by atoms with van der Waals surface area (Å²) in [5.74, 6) is 1.94. The molecule has 2 aromatic carbocycles. The Morgan fingerprint density at radius 2 is 1.64 bits per heavy atom. The minimum absolute atomic E-state index is 0.0779. The van der Waals surface area contributed by atoms with Crippen LogP contribution in [0.15, 0.2) is 41.5 Å². The van der Waals surface area contributed by atoms with Crippen LogP contribution in [0.3, 0.4) is 0 Å². The highest BCUT2D eigenvalue weighted by Gasteiger charge is 2.15. The van der Waals surface area contributed by atoms with Gasteiger partial charge in [-0.2, -0.15) is 0 Å². The summed E-state index contributed by atoms with van der Waals surface area (Å²) in [6, 6.07) is 8.62. The van der Waals surface area contributed by atoms with Gasteiger partial charge in [0.1, 0.15) is 22.5 Å².